The van der Waals surface area contributed by atoms with Crippen LogP contribution in [0.15, 0.2) is 53.1 Å². The second-order valence-electron chi connectivity index (χ2n) is 5.34. The molecule has 2 aromatic heterocycles. The molecule has 0 spiro atoms. The SMILES string of the molecule is COc1ccc(-n2nnc(-c3nc(-c4ccccc4)no3)c2N)cc1Cl. The van der Waals surface area contributed by atoms with Crippen LogP contribution in [0.2, 0.25) is 5.02 Å². The molecule has 2 aromatic carbocycles. The molecule has 8 nitrogen and oxygen atoms in total. The number of nitrogen functional groups attached to an aromatic ring is 1. The van der Waals surface area contributed by atoms with Gasteiger partial charge in [0.05, 0.1) is 17.8 Å². The molecule has 0 atom stereocenters. The van der Waals surface area contributed by atoms with E-state index in [-0.39, 0.29) is 11.7 Å². The second-order valence-corrected chi connectivity index (χ2v) is 5.75. The Labute approximate surface area is 153 Å². The summed E-state index contributed by atoms with van der Waals surface area (Å²) in [6.07, 6.45) is 0. The molecule has 2 N–H and O–H groups in total. The van der Waals surface area contributed by atoms with E-state index in [1.54, 1.807) is 25.3 Å². The molecule has 4 aromatic rings. The van der Waals surface area contributed by atoms with E-state index < -0.39 is 0 Å². The quantitative estimate of drug-likeness (QED) is 0.589. The monoisotopic (exact) mass is 368 g/mol. The number of halogens is 1. The van der Waals surface area contributed by atoms with Gasteiger partial charge in [0, 0.05) is 5.56 Å². The van der Waals surface area contributed by atoms with E-state index >= 15 is 0 Å². The first-order valence-electron chi connectivity index (χ1n) is 7.62. The third-order valence-electron chi connectivity index (χ3n) is 3.75. The minimum Gasteiger partial charge on any atom is -0.495 e. The smallest absolute Gasteiger partial charge is 0.282 e. The maximum atomic E-state index is 6.17. The molecular weight excluding hydrogens is 356 g/mol. The zero-order valence-corrected chi connectivity index (χ0v) is 14.4. The summed E-state index contributed by atoms with van der Waals surface area (Å²) in [5.41, 5.74) is 7.93. The van der Waals surface area contributed by atoms with Gasteiger partial charge in [-0.3, -0.25) is 0 Å². The van der Waals surface area contributed by atoms with Gasteiger partial charge < -0.3 is 15.0 Å². The molecular formula is C17H13ClN6O2. The first kappa shape index (κ1) is 16.1. The Morgan fingerprint density at radius 2 is 1.96 bits per heavy atom. The molecule has 0 saturated carbocycles. The van der Waals surface area contributed by atoms with Crippen LogP contribution in [0.25, 0.3) is 28.7 Å². The molecule has 9 heteroatoms. The van der Waals surface area contributed by atoms with Crippen molar-refractivity contribution in [2.45, 2.75) is 0 Å². The van der Waals surface area contributed by atoms with Crippen LogP contribution in [-0.4, -0.2) is 32.2 Å². The van der Waals surface area contributed by atoms with E-state index in [0.29, 0.717) is 28.0 Å². The number of methoxy groups -OCH3 is 1. The number of benzene rings is 2. The average molecular weight is 369 g/mol. The predicted octanol–water partition coefficient (Wildman–Crippen LogP) is 3.23. The number of rotatable bonds is 4. The van der Waals surface area contributed by atoms with Crippen molar-refractivity contribution in [3.05, 3.63) is 53.6 Å². The Balaban J connectivity index is 1.70. The van der Waals surface area contributed by atoms with Gasteiger partial charge in [-0.25, -0.2) is 0 Å². The molecule has 0 aliphatic carbocycles. The van der Waals surface area contributed by atoms with Gasteiger partial charge in [-0.1, -0.05) is 52.3 Å². The van der Waals surface area contributed by atoms with Crippen LogP contribution in [0.3, 0.4) is 0 Å². The van der Waals surface area contributed by atoms with E-state index in [1.807, 2.05) is 30.3 Å². The van der Waals surface area contributed by atoms with Crippen LogP contribution >= 0.6 is 11.6 Å². The zero-order valence-electron chi connectivity index (χ0n) is 13.6. The summed E-state index contributed by atoms with van der Waals surface area (Å²) in [5, 5.41) is 12.5. The van der Waals surface area contributed by atoms with Crippen molar-refractivity contribution in [1.82, 2.24) is 25.1 Å². The molecule has 0 saturated heterocycles. The van der Waals surface area contributed by atoms with Crippen molar-refractivity contribution >= 4 is 17.4 Å². The van der Waals surface area contributed by atoms with Gasteiger partial charge >= 0.3 is 0 Å². The molecule has 0 amide bonds. The molecule has 130 valence electrons. The minimum atomic E-state index is 0.187. The van der Waals surface area contributed by atoms with E-state index in [0.717, 1.165) is 5.56 Å². The van der Waals surface area contributed by atoms with Gasteiger partial charge in [0.1, 0.15) is 5.75 Å². The molecule has 0 aliphatic heterocycles. The van der Waals surface area contributed by atoms with Crippen LogP contribution in [-0.2, 0) is 0 Å². The van der Waals surface area contributed by atoms with Gasteiger partial charge in [0.2, 0.25) is 5.82 Å². The highest BCUT2D eigenvalue weighted by Crippen LogP contribution is 2.30. The summed E-state index contributed by atoms with van der Waals surface area (Å²) in [7, 11) is 1.54. The number of hydrogen-bond donors (Lipinski definition) is 1. The van der Waals surface area contributed by atoms with Gasteiger partial charge in [0.15, 0.2) is 11.5 Å². The first-order valence-corrected chi connectivity index (χ1v) is 8.00. The Kier molecular flexibility index (Phi) is 4.02. The lowest BCUT2D eigenvalue weighted by atomic mass is 10.2. The number of nitrogens with two attached hydrogens (primary N) is 1. The van der Waals surface area contributed by atoms with Crippen molar-refractivity contribution in [3.8, 4) is 34.4 Å². The van der Waals surface area contributed by atoms with Crippen molar-refractivity contribution in [1.29, 1.82) is 0 Å². The lowest BCUT2D eigenvalue weighted by Crippen LogP contribution is -2.02. The summed E-state index contributed by atoms with van der Waals surface area (Å²) >= 11 is 6.16. The van der Waals surface area contributed by atoms with Crippen molar-refractivity contribution in [2.24, 2.45) is 0 Å². The maximum Gasteiger partial charge on any atom is 0.282 e. The highest BCUT2D eigenvalue weighted by molar-refractivity contribution is 6.32. The number of anilines is 1. The molecule has 0 fully saturated rings. The van der Waals surface area contributed by atoms with Crippen molar-refractivity contribution < 1.29 is 9.26 Å². The number of ether oxygens (including phenoxy) is 1. The van der Waals surface area contributed by atoms with E-state index in [4.69, 9.17) is 26.6 Å². The topological polar surface area (TPSA) is 105 Å². The van der Waals surface area contributed by atoms with E-state index in [1.165, 1.54) is 4.68 Å². The van der Waals surface area contributed by atoms with Gasteiger partial charge in [-0.2, -0.15) is 9.67 Å². The van der Waals surface area contributed by atoms with Gasteiger partial charge in [-0.05, 0) is 18.2 Å². The van der Waals surface area contributed by atoms with Crippen LogP contribution in [0.1, 0.15) is 0 Å². The predicted molar refractivity (Wildman–Crippen MR) is 96.1 cm³/mol. The fraction of sp³-hybridized carbons (Fsp3) is 0.0588. The van der Waals surface area contributed by atoms with E-state index in [2.05, 4.69) is 20.5 Å². The Morgan fingerprint density at radius 1 is 1.15 bits per heavy atom. The number of hydrogen-bond acceptors (Lipinski definition) is 7. The van der Waals surface area contributed by atoms with Crippen LogP contribution in [0.5, 0.6) is 5.75 Å². The Morgan fingerprint density at radius 3 is 2.69 bits per heavy atom. The van der Waals surface area contributed by atoms with Crippen molar-refractivity contribution in [2.75, 3.05) is 12.8 Å². The summed E-state index contributed by atoms with van der Waals surface area (Å²) in [4.78, 5) is 4.34. The van der Waals surface area contributed by atoms with Gasteiger partial charge in [0.25, 0.3) is 5.89 Å². The average Bonchev–Trinajstić information content (AvgIpc) is 3.29. The van der Waals surface area contributed by atoms with Gasteiger partial charge in [-0.15, -0.1) is 5.10 Å². The summed E-state index contributed by atoms with van der Waals surface area (Å²) in [6, 6.07) is 14.6. The van der Waals surface area contributed by atoms with Crippen LogP contribution < -0.4 is 10.5 Å². The van der Waals surface area contributed by atoms with Crippen molar-refractivity contribution in [3.63, 3.8) is 0 Å². The molecule has 0 bridgehead atoms. The standard InChI is InChI=1S/C17H13ClN6O2/c1-25-13-8-7-11(9-12(13)18)24-15(19)14(21-23-24)17-20-16(22-26-17)10-5-3-2-4-6-10/h2-9H,19H2,1H3. The largest absolute Gasteiger partial charge is 0.495 e. The molecule has 0 unspecified atom stereocenters. The summed E-state index contributed by atoms with van der Waals surface area (Å²) < 4.78 is 11.9. The summed E-state index contributed by atoms with van der Waals surface area (Å²) in [5.74, 6) is 1.45. The third kappa shape index (κ3) is 2.76. The second kappa shape index (κ2) is 6.49. The first-order chi connectivity index (χ1) is 12.7. The number of aromatic nitrogens is 5. The van der Waals surface area contributed by atoms with E-state index in [9.17, 15) is 0 Å². The molecule has 0 radical (unpaired) electrons. The molecule has 4 rings (SSSR count). The highest BCUT2D eigenvalue weighted by Gasteiger charge is 2.20. The lowest BCUT2D eigenvalue weighted by Gasteiger charge is -2.06. The highest BCUT2D eigenvalue weighted by atomic mass is 35.5. The molecule has 26 heavy (non-hydrogen) atoms. The minimum absolute atomic E-state index is 0.187. The van der Waals surface area contributed by atoms with Crippen LogP contribution in [0.4, 0.5) is 5.82 Å². The molecule has 0 aliphatic rings. The zero-order chi connectivity index (χ0) is 18.1. The number of nitrogens with zero attached hydrogens (tertiary/aromatic N) is 5. The molecule has 2 heterocycles. The lowest BCUT2D eigenvalue weighted by molar-refractivity contribution is 0.415. The maximum absolute atomic E-state index is 6.17. The summed E-state index contributed by atoms with van der Waals surface area (Å²) in [6.45, 7) is 0. The Bertz CT molecular complexity index is 1060. The third-order valence-corrected chi connectivity index (χ3v) is 4.04. The fourth-order valence-corrected chi connectivity index (χ4v) is 2.70. The Hall–Kier alpha value is -3.39. The van der Waals surface area contributed by atoms with Crippen LogP contribution in [0, 0.1) is 0 Å². The fourth-order valence-electron chi connectivity index (χ4n) is 2.44. The normalized spacial score (nSPS) is 10.8.